The molecule has 0 amide bonds. The summed E-state index contributed by atoms with van der Waals surface area (Å²) in [7, 11) is 0. The van der Waals surface area contributed by atoms with Crippen LogP contribution in [0.2, 0.25) is 0 Å². The van der Waals surface area contributed by atoms with Crippen molar-refractivity contribution in [2.75, 3.05) is 0 Å². The van der Waals surface area contributed by atoms with Crippen LogP contribution in [0.15, 0.2) is 51.7 Å². The topological polar surface area (TPSA) is 67.5 Å². The summed E-state index contributed by atoms with van der Waals surface area (Å²) < 4.78 is 5.70. The van der Waals surface area contributed by atoms with E-state index in [0.29, 0.717) is 27.5 Å². The van der Waals surface area contributed by atoms with E-state index >= 15 is 0 Å². The van der Waals surface area contributed by atoms with E-state index in [0.717, 1.165) is 0 Å². The molecule has 114 valence electrons. The van der Waals surface area contributed by atoms with Gasteiger partial charge in [0.25, 0.3) is 0 Å². The summed E-state index contributed by atoms with van der Waals surface area (Å²) >= 11 is 0. The molecule has 0 aliphatic rings. The smallest absolute Gasteiger partial charge is 0.307 e. The van der Waals surface area contributed by atoms with E-state index in [1.54, 1.807) is 42.5 Å². The minimum absolute atomic E-state index is 0.135. The molecule has 1 heterocycles. The lowest BCUT2D eigenvalue weighted by molar-refractivity contribution is -0.136. The normalized spacial score (nSPS) is 10.3. The molecule has 0 radical (unpaired) electrons. The second-order valence-corrected chi connectivity index (χ2v) is 5.00. The molecule has 0 saturated carbocycles. The van der Waals surface area contributed by atoms with Crippen LogP contribution in [0.5, 0.6) is 0 Å². The predicted molar refractivity (Wildman–Crippen MR) is 87.3 cm³/mol. The lowest BCUT2D eigenvalue weighted by atomic mass is 10.1. The Hall–Kier alpha value is -2.62. The molecule has 4 heteroatoms. The number of carbonyl (C=O) groups is 1. The number of benzene rings is 2. The molecule has 3 rings (SSSR count). The summed E-state index contributed by atoms with van der Waals surface area (Å²) in [5, 5.41) is 9.81. The summed E-state index contributed by atoms with van der Waals surface area (Å²) in [5.41, 5.74) is 1.20. The Labute approximate surface area is 128 Å². The first-order chi connectivity index (χ1) is 10.6. The van der Waals surface area contributed by atoms with Gasteiger partial charge in [-0.3, -0.25) is 9.59 Å². The van der Waals surface area contributed by atoms with E-state index in [4.69, 9.17) is 9.52 Å². The van der Waals surface area contributed by atoms with Gasteiger partial charge < -0.3 is 9.52 Å². The Balaban J connectivity index is 0.000000545. The van der Waals surface area contributed by atoms with Crippen LogP contribution in [0.1, 0.15) is 25.8 Å². The van der Waals surface area contributed by atoms with Gasteiger partial charge in [-0.1, -0.05) is 44.5 Å². The average molecular weight is 298 g/mol. The number of carboxylic acid groups (broad SMARTS) is 1. The van der Waals surface area contributed by atoms with Crippen molar-refractivity contribution in [3.8, 4) is 0 Å². The van der Waals surface area contributed by atoms with E-state index < -0.39 is 5.97 Å². The van der Waals surface area contributed by atoms with Gasteiger partial charge in [-0.05, 0) is 18.2 Å². The molecule has 1 aromatic heterocycles. The Bertz CT molecular complexity index is 862. The van der Waals surface area contributed by atoms with Gasteiger partial charge in [0.1, 0.15) is 11.2 Å². The third-order valence-electron chi connectivity index (χ3n) is 3.03. The number of rotatable bonds is 2. The van der Waals surface area contributed by atoms with Crippen molar-refractivity contribution in [2.45, 2.75) is 26.7 Å². The van der Waals surface area contributed by atoms with Crippen molar-refractivity contribution in [1.82, 2.24) is 0 Å². The highest BCUT2D eigenvalue weighted by atomic mass is 16.4. The Morgan fingerprint density at radius 3 is 2.36 bits per heavy atom. The van der Waals surface area contributed by atoms with Gasteiger partial charge in [-0.2, -0.15) is 0 Å². The third-order valence-corrected chi connectivity index (χ3v) is 3.03. The maximum absolute atomic E-state index is 12.3. The summed E-state index contributed by atoms with van der Waals surface area (Å²) in [4.78, 5) is 23.2. The SMILES string of the molecule is CCC.O=C(O)Cc1cccc2c(=O)c3ccccc3oc12. The minimum Gasteiger partial charge on any atom is -0.481 e. The zero-order chi connectivity index (χ0) is 16.1. The van der Waals surface area contributed by atoms with Gasteiger partial charge in [0.15, 0.2) is 0 Å². The van der Waals surface area contributed by atoms with Crippen LogP contribution in [0.3, 0.4) is 0 Å². The van der Waals surface area contributed by atoms with Crippen molar-refractivity contribution in [3.05, 3.63) is 58.3 Å². The molecule has 22 heavy (non-hydrogen) atoms. The highest BCUT2D eigenvalue weighted by Crippen LogP contribution is 2.21. The molecule has 0 unspecified atom stereocenters. The minimum atomic E-state index is -0.955. The number of para-hydroxylation sites is 2. The second-order valence-electron chi connectivity index (χ2n) is 5.00. The summed E-state index contributed by atoms with van der Waals surface area (Å²) in [6, 6.07) is 11.9. The van der Waals surface area contributed by atoms with Crippen LogP contribution >= 0.6 is 0 Å². The molecule has 4 nitrogen and oxygen atoms in total. The molecular weight excluding hydrogens is 280 g/mol. The maximum atomic E-state index is 12.3. The van der Waals surface area contributed by atoms with Gasteiger partial charge in [-0.25, -0.2) is 0 Å². The quantitative estimate of drug-likeness (QED) is 0.726. The first kappa shape index (κ1) is 15.8. The Morgan fingerprint density at radius 2 is 1.68 bits per heavy atom. The van der Waals surface area contributed by atoms with E-state index in [1.807, 2.05) is 0 Å². The van der Waals surface area contributed by atoms with Crippen molar-refractivity contribution < 1.29 is 14.3 Å². The number of hydrogen-bond acceptors (Lipinski definition) is 3. The zero-order valence-corrected chi connectivity index (χ0v) is 12.6. The van der Waals surface area contributed by atoms with Gasteiger partial charge in [-0.15, -0.1) is 0 Å². The van der Waals surface area contributed by atoms with E-state index in [2.05, 4.69) is 13.8 Å². The molecule has 0 bridgehead atoms. The van der Waals surface area contributed by atoms with Crippen molar-refractivity contribution in [2.24, 2.45) is 0 Å². The summed E-state index contributed by atoms with van der Waals surface area (Å²) in [6.45, 7) is 4.25. The number of aliphatic carboxylic acids is 1. The zero-order valence-electron chi connectivity index (χ0n) is 12.6. The van der Waals surface area contributed by atoms with E-state index in [1.165, 1.54) is 6.42 Å². The Kier molecular flexibility index (Phi) is 4.94. The summed E-state index contributed by atoms with van der Waals surface area (Å²) in [5.74, 6) is -0.955. The van der Waals surface area contributed by atoms with Gasteiger partial charge in [0, 0.05) is 5.56 Å². The molecule has 0 fully saturated rings. The van der Waals surface area contributed by atoms with Gasteiger partial charge in [0.2, 0.25) is 5.43 Å². The van der Waals surface area contributed by atoms with Crippen LogP contribution in [0.4, 0.5) is 0 Å². The van der Waals surface area contributed by atoms with Gasteiger partial charge >= 0.3 is 5.97 Å². The highest BCUT2D eigenvalue weighted by molar-refractivity contribution is 5.92. The van der Waals surface area contributed by atoms with Crippen molar-refractivity contribution in [3.63, 3.8) is 0 Å². The Morgan fingerprint density at radius 1 is 1.05 bits per heavy atom. The lowest BCUT2D eigenvalue weighted by Crippen LogP contribution is -2.05. The van der Waals surface area contributed by atoms with Crippen molar-refractivity contribution >= 4 is 27.9 Å². The van der Waals surface area contributed by atoms with Gasteiger partial charge in [0.05, 0.1) is 17.2 Å². The van der Waals surface area contributed by atoms with Crippen LogP contribution in [0.25, 0.3) is 21.9 Å². The molecule has 0 spiro atoms. The number of hydrogen-bond donors (Lipinski definition) is 1. The molecule has 1 N–H and O–H groups in total. The largest absolute Gasteiger partial charge is 0.481 e. The summed E-state index contributed by atoms with van der Waals surface area (Å²) in [6.07, 6.45) is 1.08. The third kappa shape index (κ3) is 3.17. The monoisotopic (exact) mass is 298 g/mol. The fourth-order valence-corrected chi connectivity index (χ4v) is 2.18. The molecule has 3 aromatic rings. The predicted octanol–water partition coefficient (Wildman–Crippen LogP) is 3.99. The molecule has 0 saturated heterocycles. The van der Waals surface area contributed by atoms with E-state index in [-0.39, 0.29) is 11.8 Å². The fourth-order valence-electron chi connectivity index (χ4n) is 2.18. The van der Waals surface area contributed by atoms with Crippen molar-refractivity contribution in [1.29, 1.82) is 0 Å². The first-order valence-electron chi connectivity index (χ1n) is 7.23. The number of carboxylic acids is 1. The molecule has 0 atom stereocenters. The van der Waals surface area contributed by atoms with Crippen LogP contribution < -0.4 is 5.43 Å². The molecule has 0 aliphatic carbocycles. The van der Waals surface area contributed by atoms with E-state index in [9.17, 15) is 9.59 Å². The molecule has 2 aromatic carbocycles. The lowest BCUT2D eigenvalue weighted by Gasteiger charge is -2.05. The average Bonchev–Trinajstić information content (AvgIpc) is 2.49. The standard InChI is InChI=1S/C15H10O4.C3H8/c16-13(17)8-9-4-3-6-11-14(18)10-5-1-2-7-12(10)19-15(9)11;1-3-2/h1-7H,8H2,(H,16,17);3H2,1-2H3. The molecule has 0 aliphatic heterocycles. The fraction of sp³-hybridized carbons (Fsp3) is 0.222. The first-order valence-corrected chi connectivity index (χ1v) is 7.23. The van der Waals surface area contributed by atoms with Crippen LogP contribution in [-0.4, -0.2) is 11.1 Å². The maximum Gasteiger partial charge on any atom is 0.307 e. The highest BCUT2D eigenvalue weighted by Gasteiger charge is 2.12. The van der Waals surface area contributed by atoms with Crippen LogP contribution in [-0.2, 0) is 11.2 Å². The number of fused-ring (bicyclic) bond motifs is 2. The molecular formula is C18H18O4. The second kappa shape index (κ2) is 6.89. The van der Waals surface area contributed by atoms with Crippen LogP contribution in [0, 0.1) is 0 Å².